The molecule has 12 heavy (non-hydrogen) atoms. The Morgan fingerprint density at radius 3 is 2.92 bits per heavy atom. The molecule has 68 valence electrons. The van der Waals surface area contributed by atoms with Crippen molar-refractivity contribution in [1.82, 2.24) is 9.80 Å². The third-order valence-electron chi connectivity index (χ3n) is 2.40. The molecular weight excluding hydrogens is 150 g/mol. The van der Waals surface area contributed by atoms with Gasteiger partial charge in [-0.1, -0.05) is 0 Å². The maximum atomic E-state index is 8.46. The second kappa shape index (κ2) is 4.44. The highest BCUT2D eigenvalue weighted by Gasteiger charge is 2.20. The number of nitrogens with zero attached hydrogens (tertiary/aromatic N) is 3. The zero-order valence-corrected chi connectivity index (χ0v) is 7.95. The summed E-state index contributed by atoms with van der Waals surface area (Å²) in [6.07, 6.45) is 1.28. The third kappa shape index (κ3) is 2.80. The van der Waals surface area contributed by atoms with Gasteiger partial charge < -0.3 is 4.90 Å². The summed E-state index contributed by atoms with van der Waals surface area (Å²) in [6, 6.07) is 2.16. The van der Waals surface area contributed by atoms with E-state index in [2.05, 4.69) is 22.9 Å². The molecule has 1 heterocycles. The van der Waals surface area contributed by atoms with Crippen molar-refractivity contribution in [3.8, 4) is 6.07 Å². The van der Waals surface area contributed by atoms with Crippen LogP contribution in [0, 0.1) is 17.2 Å². The summed E-state index contributed by atoms with van der Waals surface area (Å²) in [6.45, 7) is 4.03. The van der Waals surface area contributed by atoms with Gasteiger partial charge in [0.05, 0.1) is 12.6 Å². The third-order valence-corrected chi connectivity index (χ3v) is 2.40. The Bertz CT molecular complexity index is 173. The fourth-order valence-corrected chi connectivity index (χ4v) is 1.80. The standard InChI is InChI=1S/C9H17N3/c1-11-5-3-9(7-11)8-12(2)6-4-10/h9H,3,5-8H2,1-2H3. The molecule has 1 unspecified atom stereocenters. The Balaban J connectivity index is 2.19. The monoisotopic (exact) mass is 167 g/mol. The number of hydrogen-bond donors (Lipinski definition) is 0. The maximum absolute atomic E-state index is 8.46. The average molecular weight is 167 g/mol. The largest absolute Gasteiger partial charge is 0.306 e. The van der Waals surface area contributed by atoms with Gasteiger partial charge in [-0.05, 0) is 33.0 Å². The Hall–Kier alpha value is -0.590. The predicted molar refractivity (Wildman–Crippen MR) is 48.7 cm³/mol. The Morgan fingerprint density at radius 1 is 1.67 bits per heavy atom. The Labute approximate surface area is 74.6 Å². The SMILES string of the molecule is CN(CC#N)CC1CCN(C)C1. The quantitative estimate of drug-likeness (QED) is 0.570. The van der Waals surface area contributed by atoms with E-state index in [0.717, 1.165) is 12.5 Å². The lowest BCUT2D eigenvalue weighted by atomic mass is 10.1. The number of likely N-dealkylation sites (tertiary alicyclic amines) is 1. The minimum Gasteiger partial charge on any atom is -0.306 e. The molecule has 0 amide bonds. The lowest BCUT2D eigenvalue weighted by Gasteiger charge is -2.17. The Morgan fingerprint density at radius 2 is 2.42 bits per heavy atom. The van der Waals surface area contributed by atoms with Crippen molar-refractivity contribution in [1.29, 1.82) is 5.26 Å². The lowest BCUT2D eigenvalue weighted by Crippen LogP contribution is -2.27. The molecule has 1 aliphatic rings. The van der Waals surface area contributed by atoms with E-state index in [1.165, 1.54) is 19.5 Å². The first-order valence-corrected chi connectivity index (χ1v) is 4.46. The van der Waals surface area contributed by atoms with E-state index in [9.17, 15) is 0 Å². The van der Waals surface area contributed by atoms with E-state index in [1.807, 2.05) is 7.05 Å². The molecule has 0 saturated carbocycles. The van der Waals surface area contributed by atoms with E-state index in [0.29, 0.717) is 6.54 Å². The van der Waals surface area contributed by atoms with E-state index < -0.39 is 0 Å². The van der Waals surface area contributed by atoms with Gasteiger partial charge in [0, 0.05) is 13.1 Å². The minimum atomic E-state index is 0.556. The van der Waals surface area contributed by atoms with Crippen LogP contribution < -0.4 is 0 Å². The summed E-state index contributed by atoms with van der Waals surface area (Å²) in [5.74, 6) is 0.772. The normalized spacial score (nSPS) is 24.7. The molecule has 0 aromatic heterocycles. The predicted octanol–water partition coefficient (Wildman–Crippen LogP) is 0.393. The van der Waals surface area contributed by atoms with Crippen LogP contribution in [-0.4, -0.2) is 50.1 Å². The molecule has 0 aliphatic carbocycles. The van der Waals surface area contributed by atoms with Crippen LogP contribution in [0.1, 0.15) is 6.42 Å². The van der Waals surface area contributed by atoms with Crippen molar-refractivity contribution in [3.63, 3.8) is 0 Å². The fourth-order valence-electron chi connectivity index (χ4n) is 1.80. The smallest absolute Gasteiger partial charge is 0.0863 e. The highest BCUT2D eigenvalue weighted by Crippen LogP contribution is 2.14. The molecule has 0 aromatic carbocycles. The molecule has 3 nitrogen and oxygen atoms in total. The Kier molecular flexibility index (Phi) is 3.51. The van der Waals surface area contributed by atoms with Gasteiger partial charge in [-0.2, -0.15) is 5.26 Å². The fraction of sp³-hybridized carbons (Fsp3) is 0.889. The number of hydrogen-bond acceptors (Lipinski definition) is 3. The molecule has 1 atom stereocenters. The summed E-state index contributed by atoms with van der Waals surface area (Å²) >= 11 is 0. The summed E-state index contributed by atoms with van der Waals surface area (Å²) in [4.78, 5) is 4.45. The van der Waals surface area contributed by atoms with Crippen LogP contribution in [0.3, 0.4) is 0 Å². The van der Waals surface area contributed by atoms with Crippen LogP contribution in [0.25, 0.3) is 0 Å². The minimum absolute atomic E-state index is 0.556. The van der Waals surface area contributed by atoms with Gasteiger partial charge in [-0.3, -0.25) is 4.90 Å². The average Bonchev–Trinajstić information content (AvgIpc) is 2.36. The second-order valence-corrected chi connectivity index (χ2v) is 3.77. The van der Waals surface area contributed by atoms with E-state index in [4.69, 9.17) is 5.26 Å². The van der Waals surface area contributed by atoms with E-state index in [-0.39, 0.29) is 0 Å². The van der Waals surface area contributed by atoms with Crippen molar-refractivity contribution in [2.45, 2.75) is 6.42 Å². The number of rotatable bonds is 3. The van der Waals surface area contributed by atoms with Crippen LogP contribution in [0.15, 0.2) is 0 Å². The summed E-state index contributed by atoms with van der Waals surface area (Å²) in [7, 11) is 4.17. The topological polar surface area (TPSA) is 30.3 Å². The molecule has 1 rings (SSSR count). The van der Waals surface area contributed by atoms with Crippen LogP contribution in [0.4, 0.5) is 0 Å². The first-order chi connectivity index (χ1) is 5.72. The van der Waals surface area contributed by atoms with Crippen LogP contribution in [0.2, 0.25) is 0 Å². The van der Waals surface area contributed by atoms with Crippen molar-refractivity contribution >= 4 is 0 Å². The number of nitriles is 1. The van der Waals surface area contributed by atoms with Crippen molar-refractivity contribution in [2.75, 3.05) is 40.3 Å². The highest BCUT2D eigenvalue weighted by molar-refractivity contribution is 4.79. The van der Waals surface area contributed by atoms with E-state index in [1.54, 1.807) is 0 Å². The van der Waals surface area contributed by atoms with Gasteiger partial charge in [-0.15, -0.1) is 0 Å². The molecule has 1 fully saturated rings. The van der Waals surface area contributed by atoms with Crippen LogP contribution in [0.5, 0.6) is 0 Å². The molecule has 0 aromatic rings. The summed E-state index contributed by atoms with van der Waals surface area (Å²) < 4.78 is 0. The maximum Gasteiger partial charge on any atom is 0.0863 e. The van der Waals surface area contributed by atoms with Gasteiger partial charge in [0.2, 0.25) is 0 Å². The second-order valence-electron chi connectivity index (χ2n) is 3.77. The molecule has 0 spiro atoms. The zero-order chi connectivity index (χ0) is 8.97. The van der Waals surface area contributed by atoms with Crippen LogP contribution >= 0.6 is 0 Å². The first kappa shape index (κ1) is 9.50. The van der Waals surface area contributed by atoms with Crippen molar-refractivity contribution in [3.05, 3.63) is 0 Å². The molecular formula is C9H17N3. The van der Waals surface area contributed by atoms with Gasteiger partial charge >= 0.3 is 0 Å². The lowest BCUT2D eigenvalue weighted by molar-refractivity contribution is 0.297. The first-order valence-electron chi connectivity index (χ1n) is 4.46. The molecule has 1 saturated heterocycles. The zero-order valence-electron chi connectivity index (χ0n) is 7.95. The molecule has 3 heteroatoms. The molecule has 0 N–H and O–H groups in total. The van der Waals surface area contributed by atoms with Gasteiger partial charge in [-0.25, -0.2) is 0 Å². The summed E-state index contributed by atoms with van der Waals surface area (Å²) in [5.41, 5.74) is 0. The highest BCUT2D eigenvalue weighted by atomic mass is 15.1. The van der Waals surface area contributed by atoms with Crippen molar-refractivity contribution < 1.29 is 0 Å². The molecule has 0 radical (unpaired) electrons. The van der Waals surface area contributed by atoms with Crippen molar-refractivity contribution in [2.24, 2.45) is 5.92 Å². The van der Waals surface area contributed by atoms with Gasteiger partial charge in [0.15, 0.2) is 0 Å². The van der Waals surface area contributed by atoms with Gasteiger partial charge in [0.25, 0.3) is 0 Å². The summed E-state index contributed by atoms with van der Waals surface area (Å²) in [5, 5.41) is 8.46. The molecule has 1 aliphatic heterocycles. The van der Waals surface area contributed by atoms with E-state index >= 15 is 0 Å². The molecule has 0 bridgehead atoms. The van der Waals surface area contributed by atoms with Crippen LogP contribution in [-0.2, 0) is 0 Å². The van der Waals surface area contributed by atoms with Gasteiger partial charge in [0.1, 0.15) is 0 Å².